The Balaban J connectivity index is 2.01. The highest BCUT2D eigenvalue weighted by Gasteiger charge is 2.27. The summed E-state index contributed by atoms with van der Waals surface area (Å²) in [5.41, 5.74) is 0.266. The van der Waals surface area contributed by atoms with Gasteiger partial charge in [0.05, 0.1) is 6.54 Å². The molecule has 1 aliphatic rings. The number of likely N-dealkylation sites (tertiary alicyclic amines) is 1. The van der Waals surface area contributed by atoms with Crippen LogP contribution >= 0.6 is 11.3 Å². The Labute approximate surface area is 112 Å². The van der Waals surface area contributed by atoms with E-state index in [0.29, 0.717) is 13.0 Å². The zero-order chi connectivity index (χ0) is 13.2. The van der Waals surface area contributed by atoms with Gasteiger partial charge in [0, 0.05) is 20.0 Å². The second-order valence-electron chi connectivity index (χ2n) is 5.48. The van der Waals surface area contributed by atoms with E-state index < -0.39 is 0 Å². The molecule has 0 radical (unpaired) electrons. The van der Waals surface area contributed by atoms with Gasteiger partial charge in [-0.3, -0.25) is 4.79 Å². The van der Waals surface area contributed by atoms with Gasteiger partial charge >= 0.3 is 0 Å². The van der Waals surface area contributed by atoms with Crippen molar-refractivity contribution in [3.63, 3.8) is 0 Å². The van der Waals surface area contributed by atoms with Gasteiger partial charge in [-0.1, -0.05) is 25.2 Å². The fourth-order valence-corrected chi connectivity index (χ4v) is 2.75. The summed E-state index contributed by atoms with van der Waals surface area (Å²) < 4.78 is 0. The van der Waals surface area contributed by atoms with Gasteiger partial charge in [-0.15, -0.1) is 10.2 Å². The molecule has 0 bridgehead atoms. The van der Waals surface area contributed by atoms with Crippen LogP contribution in [0.5, 0.6) is 0 Å². The van der Waals surface area contributed by atoms with Crippen molar-refractivity contribution in [3.05, 3.63) is 5.01 Å². The second-order valence-corrected chi connectivity index (χ2v) is 6.54. The van der Waals surface area contributed by atoms with Crippen LogP contribution in [0.15, 0.2) is 0 Å². The van der Waals surface area contributed by atoms with Crippen molar-refractivity contribution in [1.29, 1.82) is 0 Å². The lowest BCUT2D eigenvalue weighted by molar-refractivity contribution is -0.131. The van der Waals surface area contributed by atoms with Gasteiger partial charge in [-0.25, -0.2) is 0 Å². The number of carbonyl (C=O) groups excluding carboxylic acids is 1. The molecule has 2 heterocycles. The van der Waals surface area contributed by atoms with Gasteiger partial charge in [-0.2, -0.15) is 0 Å². The van der Waals surface area contributed by atoms with Crippen LogP contribution in [0.4, 0.5) is 5.13 Å². The van der Waals surface area contributed by atoms with Crippen LogP contribution < -0.4 is 5.32 Å². The van der Waals surface area contributed by atoms with Crippen molar-refractivity contribution in [2.24, 2.45) is 5.41 Å². The first-order chi connectivity index (χ1) is 8.50. The normalized spacial score (nSPS) is 19.7. The van der Waals surface area contributed by atoms with Crippen LogP contribution in [-0.4, -0.2) is 34.6 Å². The maximum absolute atomic E-state index is 12.0. The molecule has 18 heavy (non-hydrogen) atoms. The third kappa shape index (κ3) is 3.19. The largest absolute Gasteiger partial charge is 0.363 e. The molecule has 1 N–H and O–H groups in total. The minimum atomic E-state index is 0.238. The summed E-state index contributed by atoms with van der Waals surface area (Å²) in [5.74, 6) is 0.238. The third-order valence-corrected chi connectivity index (χ3v) is 4.36. The average Bonchev–Trinajstić information content (AvgIpc) is 2.74. The molecule has 6 heteroatoms. The molecule has 0 aliphatic carbocycles. The van der Waals surface area contributed by atoms with Crippen LogP contribution in [0.3, 0.4) is 0 Å². The van der Waals surface area contributed by atoms with Crippen molar-refractivity contribution in [2.75, 3.05) is 18.9 Å². The highest BCUT2D eigenvalue weighted by molar-refractivity contribution is 7.15. The Morgan fingerprint density at radius 3 is 2.83 bits per heavy atom. The van der Waals surface area contributed by atoms with Crippen molar-refractivity contribution in [1.82, 2.24) is 15.1 Å². The smallest absolute Gasteiger partial charge is 0.222 e. The molecule has 1 amide bonds. The summed E-state index contributed by atoms with van der Waals surface area (Å²) in [6, 6.07) is 0. The predicted octanol–water partition coefficient (Wildman–Crippen LogP) is 2.12. The Morgan fingerprint density at radius 1 is 1.39 bits per heavy atom. The number of hydrogen-bond acceptors (Lipinski definition) is 5. The summed E-state index contributed by atoms with van der Waals surface area (Å²) in [7, 11) is 1.82. The standard InChI is InChI=1S/C12H20N4OS/c1-12(2)5-4-10(17)16(7-6-12)8-9-14-15-11(13-3)18-9/h4-8H2,1-3H3,(H,13,15). The van der Waals surface area contributed by atoms with E-state index in [1.807, 2.05) is 11.9 Å². The molecule has 0 unspecified atom stereocenters. The first kappa shape index (κ1) is 13.3. The number of rotatable bonds is 3. The molecule has 1 saturated heterocycles. The van der Waals surface area contributed by atoms with Crippen LogP contribution in [0.25, 0.3) is 0 Å². The second kappa shape index (κ2) is 5.22. The average molecular weight is 268 g/mol. The summed E-state index contributed by atoms with van der Waals surface area (Å²) in [4.78, 5) is 14.0. The van der Waals surface area contributed by atoms with Gasteiger partial charge in [0.25, 0.3) is 0 Å². The fourth-order valence-electron chi connectivity index (χ4n) is 2.04. The molecule has 100 valence electrons. The SMILES string of the molecule is CNc1nnc(CN2CCC(C)(C)CCC2=O)s1. The zero-order valence-corrected chi connectivity index (χ0v) is 12.0. The lowest BCUT2D eigenvalue weighted by Crippen LogP contribution is -2.30. The molecule has 0 saturated carbocycles. The molecule has 0 aromatic carbocycles. The third-order valence-electron chi connectivity index (χ3n) is 3.43. The van der Waals surface area contributed by atoms with Crippen LogP contribution in [-0.2, 0) is 11.3 Å². The molecular formula is C12H20N4OS. The van der Waals surface area contributed by atoms with E-state index in [4.69, 9.17) is 0 Å². The number of nitrogens with zero attached hydrogens (tertiary/aromatic N) is 3. The monoisotopic (exact) mass is 268 g/mol. The zero-order valence-electron chi connectivity index (χ0n) is 11.2. The van der Waals surface area contributed by atoms with Gasteiger partial charge in [-0.05, 0) is 18.3 Å². The lowest BCUT2D eigenvalue weighted by Gasteiger charge is -2.22. The Hall–Kier alpha value is -1.17. The quantitative estimate of drug-likeness (QED) is 0.912. The minimum Gasteiger partial charge on any atom is -0.363 e. The summed E-state index contributed by atoms with van der Waals surface area (Å²) >= 11 is 1.51. The topological polar surface area (TPSA) is 58.1 Å². The number of carbonyl (C=O) groups is 1. The van der Waals surface area contributed by atoms with E-state index in [2.05, 4.69) is 29.4 Å². The molecule has 0 spiro atoms. The molecule has 5 nitrogen and oxygen atoms in total. The van der Waals surface area contributed by atoms with Gasteiger partial charge in [0.15, 0.2) is 0 Å². The van der Waals surface area contributed by atoms with E-state index in [-0.39, 0.29) is 11.3 Å². The maximum Gasteiger partial charge on any atom is 0.222 e. The lowest BCUT2D eigenvalue weighted by atomic mass is 9.85. The molecular weight excluding hydrogens is 248 g/mol. The van der Waals surface area contributed by atoms with Crippen molar-refractivity contribution < 1.29 is 4.79 Å². The molecule has 1 aliphatic heterocycles. The van der Waals surface area contributed by atoms with Gasteiger partial charge in [0.1, 0.15) is 5.01 Å². The summed E-state index contributed by atoms with van der Waals surface area (Å²) in [6.07, 6.45) is 2.67. The molecule has 1 fully saturated rings. The first-order valence-electron chi connectivity index (χ1n) is 6.28. The predicted molar refractivity (Wildman–Crippen MR) is 72.5 cm³/mol. The van der Waals surface area contributed by atoms with Crippen LogP contribution in [0.1, 0.15) is 38.1 Å². The number of hydrogen-bond donors (Lipinski definition) is 1. The van der Waals surface area contributed by atoms with Crippen LogP contribution in [0, 0.1) is 5.41 Å². The molecule has 0 atom stereocenters. The highest BCUT2D eigenvalue weighted by atomic mass is 32.1. The number of nitrogens with one attached hydrogen (secondary N) is 1. The van der Waals surface area contributed by atoms with Crippen molar-refractivity contribution in [3.8, 4) is 0 Å². The van der Waals surface area contributed by atoms with Crippen LogP contribution in [0.2, 0.25) is 0 Å². The Kier molecular flexibility index (Phi) is 3.85. The van der Waals surface area contributed by atoms with E-state index in [0.717, 1.165) is 29.5 Å². The molecule has 1 aromatic heterocycles. The van der Waals surface area contributed by atoms with E-state index in [1.165, 1.54) is 11.3 Å². The van der Waals surface area contributed by atoms with Crippen molar-refractivity contribution in [2.45, 2.75) is 39.7 Å². The molecule has 1 aromatic rings. The fraction of sp³-hybridized carbons (Fsp3) is 0.750. The maximum atomic E-state index is 12.0. The van der Waals surface area contributed by atoms with Gasteiger partial charge < -0.3 is 10.2 Å². The van der Waals surface area contributed by atoms with E-state index >= 15 is 0 Å². The first-order valence-corrected chi connectivity index (χ1v) is 7.10. The number of aromatic nitrogens is 2. The number of amides is 1. The molecule has 2 rings (SSSR count). The minimum absolute atomic E-state index is 0.238. The Morgan fingerprint density at radius 2 is 2.17 bits per heavy atom. The highest BCUT2D eigenvalue weighted by Crippen LogP contribution is 2.31. The van der Waals surface area contributed by atoms with Gasteiger partial charge in [0.2, 0.25) is 11.0 Å². The summed E-state index contributed by atoms with van der Waals surface area (Å²) in [6.45, 7) is 5.87. The Bertz CT molecular complexity index is 429. The summed E-state index contributed by atoms with van der Waals surface area (Å²) in [5, 5.41) is 12.7. The van der Waals surface area contributed by atoms with Crippen molar-refractivity contribution >= 4 is 22.4 Å². The van der Waals surface area contributed by atoms with E-state index in [9.17, 15) is 4.79 Å². The van der Waals surface area contributed by atoms with E-state index in [1.54, 1.807) is 0 Å². The number of anilines is 1.